The number of anilines is 1. The quantitative estimate of drug-likeness (QED) is 0.574. The van der Waals surface area contributed by atoms with Crippen LogP contribution < -0.4 is 10.6 Å². The van der Waals surface area contributed by atoms with Crippen molar-refractivity contribution in [2.75, 3.05) is 18.5 Å². The summed E-state index contributed by atoms with van der Waals surface area (Å²) < 4.78 is 0. The molecule has 102 valence electrons. The number of carboxylic acid groups (broad SMARTS) is 1. The number of nitrogens with two attached hydrogens (primary N) is 1. The SMILES string of the molecule is CN(CCC(=O)O)c1ccc([N+](=O)[O-])cc1C(N)=O. The highest BCUT2D eigenvalue weighted by Gasteiger charge is 2.17. The van der Waals surface area contributed by atoms with E-state index in [-0.39, 0.29) is 24.2 Å². The van der Waals surface area contributed by atoms with Crippen molar-refractivity contribution in [1.29, 1.82) is 0 Å². The van der Waals surface area contributed by atoms with Gasteiger partial charge >= 0.3 is 5.97 Å². The zero-order chi connectivity index (χ0) is 14.6. The molecule has 0 radical (unpaired) electrons. The summed E-state index contributed by atoms with van der Waals surface area (Å²) in [5, 5.41) is 19.2. The van der Waals surface area contributed by atoms with Crippen LogP contribution in [0.1, 0.15) is 16.8 Å². The minimum Gasteiger partial charge on any atom is -0.481 e. The Labute approximate surface area is 108 Å². The highest BCUT2D eigenvalue weighted by Crippen LogP contribution is 2.24. The number of carboxylic acids is 1. The van der Waals surface area contributed by atoms with Crippen molar-refractivity contribution in [3.8, 4) is 0 Å². The molecular formula is C11H13N3O5. The molecule has 0 heterocycles. The molecule has 8 nitrogen and oxygen atoms in total. The summed E-state index contributed by atoms with van der Waals surface area (Å²) in [6, 6.07) is 3.69. The van der Waals surface area contributed by atoms with Crippen molar-refractivity contribution in [3.05, 3.63) is 33.9 Å². The van der Waals surface area contributed by atoms with Crippen LogP contribution in [-0.4, -0.2) is 35.5 Å². The molecule has 8 heteroatoms. The van der Waals surface area contributed by atoms with Crippen molar-refractivity contribution in [1.82, 2.24) is 0 Å². The lowest BCUT2D eigenvalue weighted by molar-refractivity contribution is -0.384. The number of carbonyl (C=O) groups excluding carboxylic acids is 1. The fraction of sp³-hybridized carbons (Fsp3) is 0.273. The molecular weight excluding hydrogens is 254 g/mol. The predicted molar refractivity (Wildman–Crippen MR) is 67.1 cm³/mol. The third-order valence-electron chi connectivity index (χ3n) is 2.53. The van der Waals surface area contributed by atoms with Gasteiger partial charge in [0.25, 0.3) is 11.6 Å². The van der Waals surface area contributed by atoms with Gasteiger partial charge in [-0.15, -0.1) is 0 Å². The standard InChI is InChI=1S/C11H13N3O5/c1-13(5-4-10(15)16)9-3-2-7(14(18)19)6-8(9)11(12)17/h2-3,6H,4-5H2,1H3,(H2,12,17)(H,15,16). The summed E-state index contributed by atoms with van der Waals surface area (Å²) in [7, 11) is 1.58. The molecule has 1 aromatic rings. The van der Waals surface area contributed by atoms with Gasteiger partial charge in [0.2, 0.25) is 0 Å². The molecule has 0 atom stereocenters. The number of nitro benzene ring substituents is 1. The van der Waals surface area contributed by atoms with Gasteiger partial charge in [0.05, 0.1) is 16.9 Å². The van der Waals surface area contributed by atoms with Gasteiger partial charge in [0.1, 0.15) is 0 Å². The van der Waals surface area contributed by atoms with Gasteiger partial charge in [-0.2, -0.15) is 0 Å². The van der Waals surface area contributed by atoms with Crippen LogP contribution in [0, 0.1) is 10.1 Å². The number of nitrogens with zero attached hydrogens (tertiary/aromatic N) is 2. The van der Waals surface area contributed by atoms with Crippen molar-refractivity contribution in [3.63, 3.8) is 0 Å². The van der Waals surface area contributed by atoms with Crippen molar-refractivity contribution in [2.24, 2.45) is 5.73 Å². The third-order valence-corrected chi connectivity index (χ3v) is 2.53. The molecule has 19 heavy (non-hydrogen) atoms. The van der Waals surface area contributed by atoms with Crippen LogP contribution in [0.5, 0.6) is 0 Å². The Hall–Kier alpha value is -2.64. The van der Waals surface area contributed by atoms with Crippen LogP contribution in [0.25, 0.3) is 0 Å². The molecule has 0 bridgehead atoms. The summed E-state index contributed by atoms with van der Waals surface area (Å²) in [6.45, 7) is 0.160. The van der Waals surface area contributed by atoms with Crippen LogP contribution in [0.15, 0.2) is 18.2 Å². The van der Waals surface area contributed by atoms with E-state index < -0.39 is 16.8 Å². The van der Waals surface area contributed by atoms with Gasteiger partial charge in [0.15, 0.2) is 0 Å². The smallest absolute Gasteiger partial charge is 0.305 e. The van der Waals surface area contributed by atoms with Gasteiger partial charge in [-0.3, -0.25) is 19.7 Å². The molecule has 0 aliphatic carbocycles. The molecule has 0 aliphatic rings. The number of nitro groups is 1. The Bertz CT molecular complexity index is 529. The second-order valence-electron chi connectivity index (χ2n) is 3.89. The Morgan fingerprint density at radius 2 is 2.11 bits per heavy atom. The van der Waals surface area contributed by atoms with E-state index in [1.54, 1.807) is 7.05 Å². The average molecular weight is 267 g/mol. The Balaban J connectivity index is 3.09. The van der Waals surface area contributed by atoms with Gasteiger partial charge in [0, 0.05) is 31.4 Å². The monoisotopic (exact) mass is 267 g/mol. The number of carbonyl (C=O) groups is 2. The normalized spacial score (nSPS) is 9.95. The van der Waals surface area contributed by atoms with E-state index in [4.69, 9.17) is 10.8 Å². The van der Waals surface area contributed by atoms with E-state index in [9.17, 15) is 19.7 Å². The van der Waals surface area contributed by atoms with Gasteiger partial charge in [-0.25, -0.2) is 0 Å². The fourth-order valence-electron chi connectivity index (χ4n) is 1.55. The maximum atomic E-state index is 11.3. The fourth-order valence-corrected chi connectivity index (χ4v) is 1.55. The summed E-state index contributed by atoms with van der Waals surface area (Å²) in [4.78, 5) is 33.3. The first-order valence-electron chi connectivity index (χ1n) is 5.34. The zero-order valence-electron chi connectivity index (χ0n) is 10.2. The Kier molecular flexibility index (Phi) is 4.41. The largest absolute Gasteiger partial charge is 0.481 e. The molecule has 3 N–H and O–H groups in total. The molecule has 0 saturated carbocycles. The number of primary amides is 1. The highest BCUT2D eigenvalue weighted by molar-refractivity contribution is 5.99. The van der Waals surface area contributed by atoms with Crippen LogP contribution >= 0.6 is 0 Å². The second-order valence-corrected chi connectivity index (χ2v) is 3.89. The van der Waals surface area contributed by atoms with E-state index in [1.165, 1.54) is 17.0 Å². The first kappa shape index (κ1) is 14.4. The van der Waals surface area contributed by atoms with Gasteiger partial charge in [-0.1, -0.05) is 0 Å². The highest BCUT2D eigenvalue weighted by atomic mass is 16.6. The van der Waals surface area contributed by atoms with E-state index >= 15 is 0 Å². The van der Waals surface area contributed by atoms with Crippen molar-refractivity contribution >= 4 is 23.3 Å². The number of non-ortho nitro benzene ring substituents is 1. The summed E-state index contributed by atoms with van der Waals surface area (Å²) >= 11 is 0. The minimum atomic E-state index is -0.977. The zero-order valence-corrected chi connectivity index (χ0v) is 10.2. The summed E-state index contributed by atoms with van der Waals surface area (Å²) in [6.07, 6.45) is -0.119. The van der Waals surface area contributed by atoms with Crippen LogP contribution in [0.2, 0.25) is 0 Å². The van der Waals surface area contributed by atoms with E-state index in [0.29, 0.717) is 5.69 Å². The number of aliphatic carboxylic acids is 1. The number of amides is 1. The van der Waals surface area contributed by atoms with Gasteiger partial charge < -0.3 is 15.7 Å². The van der Waals surface area contributed by atoms with Crippen LogP contribution in [0.3, 0.4) is 0 Å². The lowest BCUT2D eigenvalue weighted by Crippen LogP contribution is -2.24. The second kappa shape index (κ2) is 5.80. The predicted octanol–water partition coefficient (Wildman–Crippen LogP) is 0.605. The molecule has 0 aliphatic heterocycles. The molecule has 1 aromatic carbocycles. The first-order chi connectivity index (χ1) is 8.82. The Morgan fingerprint density at radius 3 is 2.58 bits per heavy atom. The number of benzene rings is 1. The van der Waals surface area contributed by atoms with Crippen LogP contribution in [0.4, 0.5) is 11.4 Å². The molecule has 0 unspecified atom stereocenters. The molecule has 0 fully saturated rings. The molecule has 1 amide bonds. The molecule has 1 rings (SSSR count). The molecule has 0 aromatic heterocycles. The maximum Gasteiger partial charge on any atom is 0.305 e. The van der Waals surface area contributed by atoms with E-state index in [1.807, 2.05) is 0 Å². The maximum absolute atomic E-state index is 11.3. The Morgan fingerprint density at radius 1 is 1.47 bits per heavy atom. The minimum absolute atomic E-state index is 0.0120. The van der Waals surface area contributed by atoms with Crippen molar-refractivity contribution < 1.29 is 19.6 Å². The van der Waals surface area contributed by atoms with Crippen LogP contribution in [-0.2, 0) is 4.79 Å². The molecule has 0 spiro atoms. The lowest BCUT2D eigenvalue weighted by atomic mass is 10.1. The third kappa shape index (κ3) is 3.66. The summed E-state index contributed by atoms with van der Waals surface area (Å²) in [5.41, 5.74) is 5.28. The summed E-state index contributed by atoms with van der Waals surface area (Å²) in [5.74, 6) is -1.78. The first-order valence-corrected chi connectivity index (χ1v) is 5.34. The average Bonchev–Trinajstić information content (AvgIpc) is 2.34. The number of hydrogen-bond acceptors (Lipinski definition) is 5. The number of hydrogen-bond donors (Lipinski definition) is 2. The molecule has 0 saturated heterocycles. The van der Waals surface area contributed by atoms with Crippen molar-refractivity contribution in [2.45, 2.75) is 6.42 Å². The van der Waals surface area contributed by atoms with Gasteiger partial charge in [-0.05, 0) is 6.07 Å². The topological polar surface area (TPSA) is 127 Å². The van der Waals surface area contributed by atoms with E-state index in [0.717, 1.165) is 6.07 Å². The lowest BCUT2D eigenvalue weighted by Gasteiger charge is -2.20. The number of rotatable bonds is 6. The van der Waals surface area contributed by atoms with E-state index in [2.05, 4.69) is 0 Å².